The van der Waals surface area contributed by atoms with E-state index in [2.05, 4.69) is 5.32 Å². The molecule has 1 unspecified atom stereocenters. The van der Waals surface area contributed by atoms with Gasteiger partial charge in [-0.15, -0.1) is 0 Å². The molecule has 0 spiro atoms. The van der Waals surface area contributed by atoms with E-state index >= 15 is 0 Å². The first-order chi connectivity index (χ1) is 12.3. The summed E-state index contributed by atoms with van der Waals surface area (Å²) in [5, 5.41) is 3.06. The molecule has 0 saturated carbocycles. The Hall–Kier alpha value is -3.27. The van der Waals surface area contributed by atoms with Crippen LogP contribution in [0.25, 0.3) is 6.08 Å². The number of ether oxygens (including phenoxy) is 1. The van der Waals surface area contributed by atoms with Crippen LogP contribution in [-0.4, -0.2) is 12.5 Å². The van der Waals surface area contributed by atoms with E-state index < -0.39 is 0 Å². The van der Waals surface area contributed by atoms with E-state index in [1.165, 1.54) is 0 Å². The molecule has 0 saturated heterocycles. The second-order valence-electron chi connectivity index (χ2n) is 5.83. The lowest BCUT2D eigenvalue weighted by molar-refractivity contribution is -0.118. The van der Waals surface area contributed by atoms with E-state index in [1.54, 1.807) is 6.26 Å². The monoisotopic (exact) mass is 331 g/mol. The summed E-state index contributed by atoms with van der Waals surface area (Å²) in [5.41, 5.74) is 2.46. The van der Waals surface area contributed by atoms with E-state index in [0.717, 1.165) is 16.9 Å². The summed E-state index contributed by atoms with van der Waals surface area (Å²) in [6.45, 7) is 0.252. The van der Waals surface area contributed by atoms with E-state index in [-0.39, 0.29) is 18.6 Å². The third kappa shape index (κ3) is 3.19. The van der Waals surface area contributed by atoms with Gasteiger partial charge in [0, 0.05) is 5.56 Å². The summed E-state index contributed by atoms with van der Waals surface area (Å²) < 4.78 is 11.2. The van der Waals surface area contributed by atoms with Crippen molar-refractivity contribution in [3.63, 3.8) is 0 Å². The quantitative estimate of drug-likeness (QED) is 0.787. The van der Waals surface area contributed by atoms with Gasteiger partial charge in [-0.1, -0.05) is 48.5 Å². The van der Waals surface area contributed by atoms with E-state index in [4.69, 9.17) is 9.15 Å². The maximum atomic E-state index is 12.8. The highest BCUT2D eigenvalue weighted by molar-refractivity contribution is 5.99. The molecular weight excluding hydrogens is 314 g/mol. The number of amides is 1. The lowest BCUT2D eigenvalue weighted by Crippen LogP contribution is -2.32. The fourth-order valence-electron chi connectivity index (χ4n) is 2.89. The van der Waals surface area contributed by atoms with Gasteiger partial charge >= 0.3 is 0 Å². The summed E-state index contributed by atoms with van der Waals surface area (Å²) in [6.07, 6.45) is 3.48. The largest absolute Gasteiger partial charge is 0.488 e. The zero-order valence-corrected chi connectivity index (χ0v) is 13.5. The lowest BCUT2D eigenvalue weighted by Gasteiger charge is -2.21. The lowest BCUT2D eigenvalue weighted by atomic mass is 10.0. The van der Waals surface area contributed by atoms with Crippen LogP contribution >= 0.6 is 0 Å². The Kier molecular flexibility index (Phi) is 4.09. The molecule has 1 aliphatic heterocycles. The Morgan fingerprint density at radius 3 is 2.56 bits per heavy atom. The van der Waals surface area contributed by atoms with Crippen LogP contribution in [0.4, 0.5) is 0 Å². The molecule has 4 heteroatoms. The normalized spacial score (nSPS) is 14.0. The average molecular weight is 331 g/mol. The number of hydrogen-bond acceptors (Lipinski definition) is 3. The van der Waals surface area contributed by atoms with Crippen molar-refractivity contribution >= 4 is 12.0 Å². The molecule has 1 N–H and O–H groups in total. The summed E-state index contributed by atoms with van der Waals surface area (Å²) in [4.78, 5) is 12.8. The molecule has 0 fully saturated rings. The van der Waals surface area contributed by atoms with Crippen LogP contribution in [-0.2, 0) is 4.79 Å². The predicted octanol–water partition coefficient (Wildman–Crippen LogP) is 3.96. The third-order valence-electron chi connectivity index (χ3n) is 4.16. The molecule has 0 radical (unpaired) electrons. The number of hydrogen-bond donors (Lipinski definition) is 1. The smallest absolute Gasteiger partial charge is 0.251 e. The molecule has 2 heterocycles. The molecule has 3 aromatic rings. The molecule has 4 nitrogen and oxygen atoms in total. The van der Waals surface area contributed by atoms with Crippen LogP contribution in [0.5, 0.6) is 5.75 Å². The molecule has 0 bridgehead atoms. The minimum absolute atomic E-state index is 0.167. The Bertz CT molecular complexity index is 898. The van der Waals surface area contributed by atoms with Gasteiger partial charge < -0.3 is 14.5 Å². The number of rotatable bonds is 4. The molecular formula is C21H17NO3. The summed E-state index contributed by atoms with van der Waals surface area (Å²) in [5.74, 6) is 1.32. The van der Waals surface area contributed by atoms with Crippen molar-refractivity contribution in [2.24, 2.45) is 0 Å². The van der Waals surface area contributed by atoms with Crippen LogP contribution in [0.1, 0.15) is 22.9 Å². The first kappa shape index (κ1) is 15.3. The highest BCUT2D eigenvalue weighted by Crippen LogP contribution is 2.27. The maximum Gasteiger partial charge on any atom is 0.251 e. The zero-order valence-electron chi connectivity index (χ0n) is 13.5. The van der Waals surface area contributed by atoms with E-state index in [0.29, 0.717) is 11.3 Å². The van der Waals surface area contributed by atoms with Crippen molar-refractivity contribution < 1.29 is 13.9 Å². The summed E-state index contributed by atoms with van der Waals surface area (Å²) in [6, 6.07) is 20.8. The topological polar surface area (TPSA) is 51.5 Å². The molecule has 2 aromatic carbocycles. The third-order valence-corrected chi connectivity index (χ3v) is 4.16. The van der Waals surface area contributed by atoms with Crippen molar-refractivity contribution in [1.29, 1.82) is 0 Å². The minimum Gasteiger partial charge on any atom is -0.488 e. The van der Waals surface area contributed by atoms with Gasteiger partial charge in [-0.2, -0.15) is 0 Å². The van der Waals surface area contributed by atoms with Gasteiger partial charge in [-0.25, -0.2) is 0 Å². The number of carbonyl (C=O) groups is 1. The van der Waals surface area contributed by atoms with Crippen LogP contribution < -0.4 is 10.1 Å². The Morgan fingerprint density at radius 2 is 1.76 bits per heavy atom. The number of nitrogens with one attached hydrogen (secondary N) is 1. The standard InChI is InChI=1S/C21H17NO3/c23-21(17-13-16-9-4-5-10-18(16)25-14-17)22-20(19-11-6-12-24-19)15-7-2-1-3-8-15/h1-13,20H,14H2,(H,22,23). The van der Waals surface area contributed by atoms with Gasteiger partial charge in [0.2, 0.25) is 0 Å². The summed E-state index contributed by atoms with van der Waals surface area (Å²) in [7, 11) is 0. The van der Waals surface area contributed by atoms with Crippen LogP contribution in [0.3, 0.4) is 0 Å². The van der Waals surface area contributed by atoms with Gasteiger partial charge in [0.25, 0.3) is 5.91 Å². The number of carbonyl (C=O) groups excluding carboxylic acids is 1. The maximum absolute atomic E-state index is 12.8. The SMILES string of the molecule is O=C(NC(c1ccccc1)c1ccco1)C1=Cc2ccccc2OC1. The number of fused-ring (bicyclic) bond motifs is 1. The highest BCUT2D eigenvalue weighted by Gasteiger charge is 2.23. The van der Waals surface area contributed by atoms with Crippen molar-refractivity contribution in [1.82, 2.24) is 5.32 Å². The van der Waals surface area contributed by atoms with E-state index in [1.807, 2.05) is 72.8 Å². The molecule has 1 atom stereocenters. The summed E-state index contributed by atoms with van der Waals surface area (Å²) >= 11 is 0. The molecule has 1 aliphatic rings. The molecule has 124 valence electrons. The van der Waals surface area contributed by atoms with Gasteiger partial charge in [-0.05, 0) is 29.8 Å². The second-order valence-corrected chi connectivity index (χ2v) is 5.83. The number of para-hydroxylation sites is 1. The highest BCUT2D eigenvalue weighted by atomic mass is 16.5. The van der Waals surface area contributed by atoms with Gasteiger partial charge in [0.05, 0.1) is 11.8 Å². The fourth-order valence-corrected chi connectivity index (χ4v) is 2.89. The molecule has 1 amide bonds. The van der Waals surface area contributed by atoms with Gasteiger partial charge in [-0.3, -0.25) is 4.79 Å². The second kappa shape index (κ2) is 6.69. The minimum atomic E-state index is -0.346. The zero-order chi connectivity index (χ0) is 17.1. The Balaban J connectivity index is 1.61. The molecule has 4 rings (SSSR count). The van der Waals surface area contributed by atoms with Crippen LogP contribution in [0, 0.1) is 0 Å². The van der Waals surface area contributed by atoms with Crippen LogP contribution in [0.2, 0.25) is 0 Å². The average Bonchev–Trinajstić information content (AvgIpc) is 3.20. The van der Waals surface area contributed by atoms with Gasteiger partial charge in [0.15, 0.2) is 0 Å². The Labute approximate surface area is 145 Å². The van der Waals surface area contributed by atoms with Crippen molar-refractivity contribution in [2.45, 2.75) is 6.04 Å². The predicted molar refractivity (Wildman–Crippen MR) is 95.0 cm³/mol. The Morgan fingerprint density at radius 1 is 0.960 bits per heavy atom. The van der Waals surface area contributed by atoms with Crippen molar-refractivity contribution in [2.75, 3.05) is 6.61 Å². The molecule has 25 heavy (non-hydrogen) atoms. The van der Waals surface area contributed by atoms with Crippen LogP contribution in [0.15, 0.2) is 83.0 Å². The first-order valence-corrected chi connectivity index (χ1v) is 8.13. The van der Waals surface area contributed by atoms with Crippen molar-refractivity contribution in [3.05, 3.63) is 95.5 Å². The molecule has 1 aromatic heterocycles. The fraction of sp³-hybridized carbons (Fsp3) is 0.0952. The van der Waals surface area contributed by atoms with Crippen molar-refractivity contribution in [3.8, 4) is 5.75 Å². The number of benzene rings is 2. The number of furan rings is 1. The van der Waals surface area contributed by atoms with Gasteiger partial charge in [0.1, 0.15) is 24.2 Å². The van der Waals surface area contributed by atoms with E-state index in [9.17, 15) is 4.79 Å². The first-order valence-electron chi connectivity index (χ1n) is 8.13. The molecule has 0 aliphatic carbocycles.